The quantitative estimate of drug-likeness (QED) is 0.873. The van der Waals surface area contributed by atoms with Crippen molar-refractivity contribution < 1.29 is 14.3 Å². The minimum absolute atomic E-state index is 0.0593. The van der Waals surface area contributed by atoms with Gasteiger partial charge in [0.1, 0.15) is 0 Å². The van der Waals surface area contributed by atoms with E-state index in [9.17, 15) is 4.79 Å². The monoisotopic (exact) mass is 326 g/mol. The summed E-state index contributed by atoms with van der Waals surface area (Å²) in [5.74, 6) is 0.922. The Morgan fingerprint density at radius 1 is 1.50 bits per heavy atom. The zero-order valence-electron chi connectivity index (χ0n) is 13.3. The number of likely N-dealkylation sites (N-methyl/N-ethyl adjacent to an activating group) is 1. The van der Waals surface area contributed by atoms with Crippen LogP contribution < -0.4 is 14.8 Å². The van der Waals surface area contributed by atoms with E-state index in [1.165, 1.54) is 0 Å². The number of rotatable bonds is 6. The fourth-order valence-electron chi connectivity index (χ4n) is 2.53. The van der Waals surface area contributed by atoms with Gasteiger partial charge in [0, 0.05) is 25.2 Å². The van der Waals surface area contributed by atoms with Gasteiger partial charge in [-0.15, -0.1) is 0 Å². The van der Waals surface area contributed by atoms with Gasteiger partial charge in [-0.05, 0) is 31.5 Å². The average molecular weight is 327 g/mol. The second-order valence-electron chi connectivity index (χ2n) is 5.40. The zero-order chi connectivity index (χ0) is 16.1. The summed E-state index contributed by atoms with van der Waals surface area (Å²) in [5, 5.41) is 3.66. The minimum atomic E-state index is -0.0593. The van der Waals surface area contributed by atoms with Crippen LogP contribution in [0.4, 0.5) is 0 Å². The lowest BCUT2D eigenvalue weighted by molar-refractivity contribution is 0.0743. The molecule has 6 heteroatoms. The van der Waals surface area contributed by atoms with Crippen molar-refractivity contribution in [2.45, 2.75) is 25.8 Å². The molecule has 5 nitrogen and oxygen atoms in total. The molecule has 1 saturated heterocycles. The number of halogens is 1. The van der Waals surface area contributed by atoms with E-state index >= 15 is 0 Å². The van der Waals surface area contributed by atoms with Gasteiger partial charge in [0.2, 0.25) is 0 Å². The topological polar surface area (TPSA) is 50.8 Å². The van der Waals surface area contributed by atoms with Gasteiger partial charge < -0.3 is 19.7 Å². The molecule has 1 heterocycles. The van der Waals surface area contributed by atoms with Crippen molar-refractivity contribution in [1.82, 2.24) is 10.2 Å². The summed E-state index contributed by atoms with van der Waals surface area (Å²) in [6.45, 7) is 4.33. The van der Waals surface area contributed by atoms with Gasteiger partial charge in [-0.3, -0.25) is 4.79 Å². The Hall–Kier alpha value is -1.46. The highest BCUT2D eigenvalue weighted by atomic mass is 35.5. The molecule has 1 amide bonds. The number of nitrogens with zero attached hydrogens (tertiary/aromatic N) is 1. The highest BCUT2D eigenvalue weighted by molar-refractivity contribution is 6.32. The largest absolute Gasteiger partial charge is 0.493 e. The van der Waals surface area contributed by atoms with Crippen molar-refractivity contribution in [3.63, 3.8) is 0 Å². The molecule has 1 aliphatic heterocycles. The Morgan fingerprint density at radius 3 is 2.86 bits per heavy atom. The number of methoxy groups -OCH3 is 1. The van der Waals surface area contributed by atoms with E-state index in [2.05, 4.69) is 5.32 Å². The fraction of sp³-hybridized carbons (Fsp3) is 0.562. The van der Waals surface area contributed by atoms with Gasteiger partial charge in [0.05, 0.1) is 18.7 Å². The molecule has 1 aromatic rings. The van der Waals surface area contributed by atoms with Crippen LogP contribution >= 0.6 is 11.6 Å². The number of carbonyl (C=O) groups is 1. The summed E-state index contributed by atoms with van der Waals surface area (Å²) < 4.78 is 10.9. The maximum Gasteiger partial charge on any atom is 0.254 e. The summed E-state index contributed by atoms with van der Waals surface area (Å²) in [6.07, 6.45) is 1.84. The van der Waals surface area contributed by atoms with E-state index in [-0.39, 0.29) is 11.9 Å². The lowest BCUT2D eigenvalue weighted by Crippen LogP contribution is -2.38. The highest BCUT2D eigenvalue weighted by Gasteiger charge is 2.25. The van der Waals surface area contributed by atoms with E-state index in [1.54, 1.807) is 24.1 Å². The third-order valence-corrected chi connectivity index (χ3v) is 4.11. The maximum absolute atomic E-state index is 12.6. The number of benzene rings is 1. The lowest BCUT2D eigenvalue weighted by atomic mass is 10.1. The van der Waals surface area contributed by atoms with Crippen LogP contribution in [0.3, 0.4) is 0 Å². The molecule has 1 aliphatic rings. The predicted octanol–water partition coefficient (Wildman–Crippen LogP) is 2.57. The average Bonchev–Trinajstić information content (AvgIpc) is 3.06. The molecule has 0 spiro atoms. The van der Waals surface area contributed by atoms with Crippen molar-refractivity contribution >= 4 is 17.5 Å². The first-order valence-electron chi connectivity index (χ1n) is 7.56. The van der Waals surface area contributed by atoms with Crippen LogP contribution in [0.5, 0.6) is 11.5 Å². The van der Waals surface area contributed by atoms with Crippen molar-refractivity contribution in [1.29, 1.82) is 0 Å². The molecule has 2 rings (SSSR count). The number of hydrogen-bond donors (Lipinski definition) is 1. The van der Waals surface area contributed by atoms with Gasteiger partial charge in [0.25, 0.3) is 5.91 Å². The molecule has 0 saturated carbocycles. The van der Waals surface area contributed by atoms with Crippen molar-refractivity contribution in [3.8, 4) is 11.5 Å². The van der Waals surface area contributed by atoms with E-state index < -0.39 is 0 Å². The number of carbonyl (C=O) groups excluding carboxylic acids is 1. The Balaban J connectivity index is 2.23. The molecule has 0 bridgehead atoms. The second-order valence-corrected chi connectivity index (χ2v) is 5.81. The minimum Gasteiger partial charge on any atom is -0.493 e. The summed E-state index contributed by atoms with van der Waals surface area (Å²) in [5.41, 5.74) is 0.514. The summed E-state index contributed by atoms with van der Waals surface area (Å²) >= 11 is 6.27. The van der Waals surface area contributed by atoms with Crippen molar-refractivity contribution in [3.05, 3.63) is 22.7 Å². The lowest BCUT2D eigenvalue weighted by Gasteiger charge is -2.24. The molecule has 0 aliphatic carbocycles. The molecular formula is C16H23ClN2O3. The van der Waals surface area contributed by atoms with Crippen LogP contribution in [0, 0.1) is 0 Å². The van der Waals surface area contributed by atoms with Crippen LogP contribution in [0.1, 0.15) is 30.1 Å². The van der Waals surface area contributed by atoms with Crippen molar-refractivity contribution in [2.75, 3.05) is 33.9 Å². The molecule has 1 fully saturated rings. The molecular weight excluding hydrogens is 304 g/mol. The Kier molecular flexibility index (Phi) is 5.91. The van der Waals surface area contributed by atoms with Crippen LogP contribution in [-0.2, 0) is 0 Å². The van der Waals surface area contributed by atoms with Crippen molar-refractivity contribution in [2.24, 2.45) is 0 Å². The van der Waals surface area contributed by atoms with Gasteiger partial charge in [-0.25, -0.2) is 0 Å². The van der Waals surface area contributed by atoms with Crippen LogP contribution in [0.15, 0.2) is 12.1 Å². The summed E-state index contributed by atoms with van der Waals surface area (Å²) in [7, 11) is 3.37. The first-order chi connectivity index (χ1) is 10.6. The van der Waals surface area contributed by atoms with Gasteiger partial charge >= 0.3 is 0 Å². The van der Waals surface area contributed by atoms with Crippen LogP contribution in [0.25, 0.3) is 0 Å². The van der Waals surface area contributed by atoms with E-state index in [4.69, 9.17) is 21.1 Å². The first kappa shape index (κ1) is 16.9. The Morgan fingerprint density at radius 2 is 2.27 bits per heavy atom. The van der Waals surface area contributed by atoms with E-state index in [0.29, 0.717) is 28.7 Å². The van der Waals surface area contributed by atoms with E-state index in [0.717, 1.165) is 25.9 Å². The number of hydrogen-bond acceptors (Lipinski definition) is 4. The van der Waals surface area contributed by atoms with Crippen LogP contribution in [0.2, 0.25) is 5.02 Å². The van der Waals surface area contributed by atoms with Gasteiger partial charge in [-0.2, -0.15) is 0 Å². The molecule has 1 atom stereocenters. The summed E-state index contributed by atoms with van der Waals surface area (Å²) in [4.78, 5) is 14.4. The molecule has 1 unspecified atom stereocenters. The van der Waals surface area contributed by atoms with Crippen LogP contribution in [-0.4, -0.2) is 50.7 Å². The molecule has 1 N–H and O–H groups in total. The molecule has 0 radical (unpaired) electrons. The number of amides is 1. The molecule has 22 heavy (non-hydrogen) atoms. The fourth-order valence-corrected chi connectivity index (χ4v) is 2.79. The number of nitrogens with one attached hydrogen (secondary N) is 1. The van der Waals surface area contributed by atoms with Gasteiger partial charge in [-0.1, -0.05) is 18.5 Å². The first-order valence-corrected chi connectivity index (χ1v) is 7.94. The Bertz CT molecular complexity index is 530. The molecule has 1 aromatic carbocycles. The Labute approximate surface area is 136 Å². The predicted molar refractivity (Wildman–Crippen MR) is 87.2 cm³/mol. The van der Waals surface area contributed by atoms with Gasteiger partial charge in [0.15, 0.2) is 11.5 Å². The smallest absolute Gasteiger partial charge is 0.254 e. The standard InChI is InChI=1S/C16H23ClN2O3/c1-4-7-22-15-13(17)8-11(9-14(15)21-3)16(20)19(2)12-5-6-18-10-12/h8-9,12,18H,4-7,10H2,1-3H3. The van der Waals surface area contributed by atoms with E-state index in [1.807, 2.05) is 14.0 Å². The molecule has 0 aromatic heterocycles. The SMILES string of the molecule is CCCOc1c(Cl)cc(C(=O)N(C)C2CCNC2)cc1OC. The number of ether oxygens (including phenoxy) is 2. The third kappa shape index (κ3) is 3.65. The normalized spacial score (nSPS) is 17.4. The zero-order valence-corrected chi connectivity index (χ0v) is 14.1. The maximum atomic E-state index is 12.6. The highest BCUT2D eigenvalue weighted by Crippen LogP contribution is 2.37. The third-order valence-electron chi connectivity index (χ3n) is 3.83. The summed E-state index contributed by atoms with van der Waals surface area (Å²) in [6, 6.07) is 3.56. The molecule has 122 valence electrons. The second kappa shape index (κ2) is 7.70.